The lowest BCUT2D eigenvalue weighted by molar-refractivity contribution is -0.141. The zero-order chi connectivity index (χ0) is 23.4. The van der Waals surface area contributed by atoms with E-state index >= 15 is 0 Å². The van der Waals surface area contributed by atoms with Gasteiger partial charge in [0.1, 0.15) is 11.5 Å². The van der Waals surface area contributed by atoms with E-state index in [0.717, 1.165) is 24.1 Å². The van der Waals surface area contributed by atoms with E-state index in [2.05, 4.69) is 4.98 Å². The van der Waals surface area contributed by atoms with Crippen LogP contribution in [0.25, 0.3) is 16.7 Å². The first-order valence-corrected chi connectivity index (χ1v) is 11.7. The summed E-state index contributed by atoms with van der Waals surface area (Å²) in [7, 11) is 0. The van der Waals surface area contributed by atoms with Crippen molar-refractivity contribution >= 4 is 28.5 Å². The number of carbonyl (C=O) groups is 1. The molecule has 1 amide bonds. The zero-order valence-corrected chi connectivity index (χ0v) is 19.4. The van der Waals surface area contributed by atoms with Crippen LogP contribution in [-0.2, 0) is 17.9 Å². The van der Waals surface area contributed by atoms with Crippen molar-refractivity contribution in [3.8, 4) is 5.69 Å². The molecular formula is C24H28ClN5O3. The van der Waals surface area contributed by atoms with Crippen LogP contribution >= 0.6 is 11.6 Å². The monoisotopic (exact) mass is 469 g/mol. The molecule has 3 N–H and O–H groups in total. The lowest BCUT2D eigenvalue weighted by Crippen LogP contribution is -2.51. The quantitative estimate of drug-likeness (QED) is 0.597. The van der Waals surface area contributed by atoms with E-state index in [1.807, 2.05) is 36.1 Å². The third-order valence-corrected chi connectivity index (χ3v) is 7.41. The van der Waals surface area contributed by atoms with Gasteiger partial charge in [-0.25, -0.2) is 4.98 Å². The molecule has 2 fully saturated rings. The molecule has 1 aliphatic carbocycles. The zero-order valence-electron chi connectivity index (χ0n) is 18.6. The number of amides is 1. The van der Waals surface area contributed by atoms with Crippen molar-refractivity contribution < 1.29 is 9.90 Å². The summed E-state index contributed by atoms with van der Waals surface area (Å²) in [5, 5.41) is 11.9. The van der Waals surface area contributed by atoms with Crippen LogP contribution in [0.1, 0.15) is 38.2 Å². The molecule has 1 aromatic carbocycles. The lowest BCUT2D eigenvalue weighted by Gasteiger charge is -2.39. The number of hydrogen-bond acceptors (Lipinski definition) is 5. The first-order valence-electron chi connectivity index (χ1n) is 11.3. The van der Waals surface area contributed by atoms with Crippen molar-refractivity contribution in [2.45, 2.75) is 51.3 Å². The molecule has 174 valence electrons. The van der Waals surface area contributed by atoms with Crippen molar-refractivity contribution in [2.75, 3.05) is 13.1 Å². The van der Waals surface area contributed by atoms with Crippen molar-refractivity contribution in [1.82, 2.24) is 19.0 Å². The molecule has 3 heterocycles. The molecule has 0 unspecified atom stereocenters. The van der Waals surface area contributed by atoms with Gasteiger partial charge in [-0.2, -0.15) is 0 Å². The molecule has 1 saturated heterocycles. The molecule has 0 radical (unpaired) electrons. The second-order valence-electron chi connectivity index (χ2n) is 9.67. The van der Waals surface area contributed by atoms with Crippen LogP contribution in [-0.4, -0.2) is 48.7 Å². The minimum absolute atomic E-state index is 0.127. The van der Waals surface area contributed by atoms with Gasteiger partial charge >= 0.3 is 0 Å². The normalized spacial score (nSPS) is 19.1. The summed E-state index contributed by atoms with van der Waals surface area (Å²) in [4.78, 5) is 32.2. The average molecular weight is 470 g/mol. The Morgan fingerprint density at radius 2 is 1.85 bits per heavy atom. The molecule has 3 aromatic rings. The maximum Gasteiger partial charge on any atom is 0.262 e. The fourth-order valence-corrected chi connectivity index (χ4v) is 4.90. The predicted octanol–water partition coefficient (Wildman–Crippen LogP) is 2.45. The van der Waals surface area contributed by atoms with Crippen molar-refractivity contribution in [1.29, 1.82) is 0 Å². The van der Waals surface area contributed by atoms with E-state index in [0.29, 0.717) is 48.7 Å². The standard InChI is InChI=1S/C24H28ClN5O3/c1-23(6-7-23)22(32)28-10-8-24(33,9-11-28)14-29-15-27-20-18(21(29)31)12-19(25)30(20)17-4-2-16(13-26)3-5-17/h2-5,12,15,33H,6-11,13-14,26H2,1H3. The fourth-order valence-electron chi connectivity index (χ4n) is 4.61. The Hall–Kier alpha value is -2.68. The smallest absolute Gasteiger partial charge is 0.262 e. The largest absolute Gasteiger partial charge is 0.388 e. The van der Waals surface area contributed by atoms with E-state index in [1.54, 1.807) is 10.6 Å². The number of likely N-dealkylation sites (tertiary alicyclic amines) is 1. The maximum atomic E-state index is 13.2. The molecule has 33 heavy (non-hydrogen) atoms. The SMILES string of the molecule is CC1(C(=O)N2CCC(O)(Cn3cnc4c(cc(Cl)n4-c4ccc(CN)cc4)c3=O)CC2)CC1. The first kappa shape index (κ1) is 22.1. The summed E-state index contributed by atoms with van der Waals surface area (Å²) < 4.78 is 3.17. The van der Waals surface area contributed by atoms with Gasteiger partial charge in [0.15, 0.2) is 5.65 Å². The van der Waals surface area contributed by atoms with Crippen LogP contribution in [0.4, 0.5) is 0 Å². The summed E-state index contributed by atoms with van der Waals surface area (Å²) in [6.07, 6.45) is 4.19. The van der Waals surface area contributed by atoms with Gasteiger partial charge in [-0.05, 0) is 49.4 Å². The van der Waals surface area contributed by atoms with Crippen LogP contribution in [0.5, 0.6) is 0 Å². The molecule has 0 atom stereocenters. The Labute approximate surface area is 196 Å². The van der Waals surface area contributed by atoms with Gasteiger partial charge in [0.25, 0.3) is 5.56 Å². The van der Waals surface area contributed by atoms with Gasteiger partial charge in [0.05, 0.1) is 17.5 Å². The first-order chi connectivity index (χ1) is 15.7. The Balaban J connectivity index is 1.38. The molecule has 0 bridgehead atoms. The van der Waals surface area contributed by atoms with E-state index < -0.39 is 5.60 Å². The number of fused-ring (bicyclic) bond motifs is 1. The molecule has 5 rings (SSSR count). The molecular weight excluding hydrogens is 442 g/mol. The summed E-state index contributed by atoms with van der Waals surface area (Å²) in [6, 6.07) is 9.21. The highest BCUT2D eigenvalue weighted by atomic mass is 35.5. The summed E-state index contributed by atoms with van der Waals surface area (Å²) in [6.45, 7) is 3.56. The van der Waals surface area contributed by atoms with Crippen molar-refractivity contribution in [3.63, 3.8) is 0 Å². The van der Waals surface area contributed by atoms with E-state index in [-0.39, 0.29) is 23.4 Å². The molecule has 9 heteroatoms. The highest BCUT2D eigenvalue weighted by molar-refractivity contribution is 6.31. The van der Waals surface area contributed by atoms with Crippen LogP contribution in [0, 0.1) is 5.41 Å². The van der Waals surface area contributed by atoms with Crippen molar-refractivity contribution in [3.05, 3.63) is 57.7 Å². The Morgan fingerprint density at radius 1 is 1.18 bits per heavy atom. The Morgan fingerprint density at radius 3 is 2.45 bits per heavy atom. The number of nitrogens with zero attached hydrogens (tertiary/aromatic N) is 4. The van der Waals surface area contributed by atoms with Crippen LogP contribution in [0.3, 0.4) is 0 Å². The topological polar surface area (TPSA) is 106 Å². The van der Waals surface area contributed by atoms with E-state index in [4.69, 9.17) is 17.3 Å². The second-order valence-corrected chi connectivity index (χ2v) is 10.1. The van der Waals surface area contributed by atoms with Crippen LogP contribution < -0.4 is 11.3 Å². The summed E-state index contributed by atoms with van der Waals surface area (Å²) in [5.41, 5.74) is 6.40. The number of aromatic nitrogens is 3. The number of halogens is 1. The van der Waals surface area contributed by atoms with Gasteiger partial charge in [0.2, 0.25) is 5.91 Å². The van der Waals surface area contributed by atoms with E-state index in [9.17, 15) is 14.7 Å². The highest BCUT2D eigenvalue weighted by Crippen LogP contribution is 2.47. The number of hydrogen-bond donors (Lipinski definition) is 2. The second kappa shape index (κ2) is 7.97. The molecule has 1 aliphatic heterocycles. The predicted molar refractivity (Wildman–Crippen MR) is 126 cm³/mol. The van der Waals surface area contributed by atoms with Crippen LogP contribution in [0.15, 0.2) is 41.5 Å². The minimum atomic E-state index is -1.06. The number of nitrogens with two attached hydrogens (primary N) is 1. The number of piperidine rings is 1. The number of benzene rings is 1. The van der Waals surface area contributed by atoms with Gasteiger partial charge in [-0.1, -0.05) is 30.7 Å². The molecule has 0 spiro atoms. The van der Waals surface area contributed by atoms with Gasteiger partial charge in [-0.3, -0.25) is 18.7 Å². The van der Waals surface area contributed by atoms with Gasteiger partial charge < -0.3 is 15.7 Å². The highest BCUT2D eigenvalue weighted by Gasteiger charge is 2.48. The number of aliphatic hydroxyl groups is 1. The fraction of sp³-hybridized carbons (Fsp3) is 0.458. The molecule has 2 aromatic heterocycles. The maximum absolute atomic E-state index is 13.2. The summed E-state index contributed by atoms with van der Waals surface area (Å²) in [5.74, 6) is 0.181. The molecule has 2 aliphatic rings. The van der Waals surface area contributed by atoms with Crippen LogP contribution in [0.2, 0.25) is 5.15 Å². The van der Waals surface area contributed by atoms with E-state index in [1.165, 1.54) is 10.9 Å². The third-order valence-electron chi connectivity index (χ3n) is 7.13. The molecule has 8 nitrogen and oxygen atoms in total. The number of rotatable bonds is 5. The minimum Gasteiger partial charge on any atom is -0.388 e. The third kappa shape index (κ3) is 3.96. The Kier molecular flexibility index (Phi) is 5.34. The number of carbonyl (C=O) groups excluding carboxylic acids is 1. The van der Waals surface area contributed by atoms with Gasteiger partial charge in [-0.15, -0.1) is 0 Å². The van der Waals surface area contributed by atoms with Crippen molar-refractivity contribution in [2.24, 2.45) is 11.1 Å². The Bertz CT molecular complexity index is 1270. The molecule has 1 saturated carbocycles. The van der Waals surface area contributed by atoms with Gasteiger partial charge in [0, 0.05) is 30.7 Å². The lowest BCUT2D eigenvalue weighted by atomic mass is 9.90. The average Bonchev–Trinajstić information content (AvgIpc) is 3.47. The summed E-state index contributed by atoms with van der Waals surface area (Å²) >= 11 is 6.47.